The summed E-state index contributed by atoms with van der Waals surface area (Å²) in [6, 6.07) is 8.82. The molecule has 1 aliphatic rings. The molecule has 1 fully saturated rings. The largest absolute Gasteiger partial charge is 0.495 e. The summed E-state index contributed by atoms with van der Waals surface area (Å²) in [6.07, 6.45) is 0.661. The number of aromatic nitrogens is 1. The molecule has 170 valence electrons. The molecule has 1 saturated heterocycles. The molecule has 32 heavy (non-hydrogen) atoms. The first-order valence-electron chi connectivity index (χ1n) is 9.92. The minimum absolute atomic E-state index is 0.135. The molecule has 1 amide bonds. The van der Waals surface area contributed by atoms with Crippen molar-refractivity contribution >= 4 is 42.6 Å². The Kier molecular flexibility index (Phi) is 6.31. The maximum absolute atomic E-state index is 14.0. The number of benzene rings is 2. The molecular weight excluding hydrogens is 457 g/mol. The number of rotatable bonds is 6. The van der Waals surface area contributed by atoms with Gasteiger partial charge in [-0.3, -0.25) is 4.79 Å². The number of nitrogens with zero attached hydrogens (tertiary/aromatic N) is 2. The number of amides is 1. The minimum Gasteiger partial charge on any atom is -0.495 e. The van der Waals surface area contributed by atoms with Gasteiger partial charge >= 0.3 is 0 Å². The predicted molar refractivity (Wildman–Crippen MR) is 119 cm³/mol. The lowest BCUT2D eigenvalue weighted by atomic mass is 9.97. The number of hydrogen-bond donors (Lipinski definition) is 1. The van der Waals surface area contributed by atoms with Crippen molar-refractivity contribution in [2.75, 3.05) is 32.6 Å². The van der Waals surface area contributed by atoms with E-state index in [0.29, 0.717) is 35.0 Å². The third-order valence-corrected chi connectivity index (χ3v) is 8.34. The summed E-state index contributed by atoms with van der Waals surface area (Å²) in [5.41, 5.74) is 0.595. The van der Waals surface area contributed by atoms with Gasteiger partial charge in [-0.15, -0.1) is 0 Å². The van der Waals surface area contributed by atoms with Crippen LogP contribution < -0.4 is 14.8 Å². The highest BCUT2D eigenvalue weighted by Crippen LogP contribution is 2.39. The van der Waals surface area contributed by atoms with Crippen LogP contribution in [0.2, 0.25) is 0 Å². The number of thiazole rings is 1. The highest BCUT2D eigenvalue weighted by Gasteiger charge is 2.33. The molecule has 2 aromatic carbocycles. The van der Waals surface area contributed by atoms with Gasteiger partial charge < -0.3 is 14.8 Å². The molecule has 11 heteroatoms. The molecule has 8 nitrogen and oxygen atoms in total. The van der Waals surface area contributed by atoms with E-state index in [0.717, 1.165) is 10.8 Å². The van der Waals surface area contributed by atoms with E-state index in [1.54, 1.807) is 26.4 Å². The van der Waals surface area contributed by atoms with Crippen molar-refractivity contribution in [2.24, 2.45) is 5.92 Å². The van der Waals surface area contributed by atoms with E-state index >= 15 is 0 Å². The Morgan fingerprint density at radius 1 is 1.12 bits per heavy atom. The maximum atomic E-state index is 14.0. The van der Waals surface area contributed by atoms with Gasteiger partial charge in [0, 0.05) is 19.0 Å². The SMILES string of the molecule is COc1ccc(OC)c2sc(NC(=O)C3CCN(S(=O)(=O)c4ccccc4F)CC3)nc12. The van der Waals surface area contributed by atoms with Crippen LogP contribution in [0.5, 0.6) is 11.5 Å². The lowest BCUT2D eigenvalue weighted by Crippen LogP contribution is -2.41. The molecule has 1 aliphatic heterocycles. The fourth-order valence-electron chi connectivity index (χ4n) is 3.70. The Labute approximate surface area is 189 Å². The van der Waals surface area contributed by atoms with Gasteiger partial charge in [0.05, 0.1) is 14.2 Å². The molecule has 0 radical (unpaired) electrons. The highest BCUT2D eigenvalue weighted by molar-refractivity contribution is 7.89. The summed E-state index contributed by atoms with van der Waals surface area (Å²) in [4.78, 5) is 16.9. The molecule has 1 aromatic heterocycles. The third kappa shape index (κ3) is 4.15. The summed E-state index contributed by atoms with van der Waals surface area (Å²) in [6.45, 7) is 0.270. The van der Waals surface area contributed by atoms with Crippen LogP contribution in [0.1, 0.15) is 12.8 Å². The van der Waals surface area contributed by atoms with Gasteiger partial charge in [0.1, 0.15) is 32.4 Å². The van der Waals surface area contributed by atoms with E-state index in [4.69, 9.17) is 9.47 Å². The molecule has 0 saturated carbocycles. The molecule has 0 spiro atoms. The molecule has 0 atom stereocenters. The van der Waals surface area contributed by atoms with Crippen LogP contribution in [-0.2, 0) is 14.8 Å². The first-order valence-corrected chi connectivity index (χ1v) is 12.2. The van der Waals surface area contributed by atoms with Crippen LogP contribution in [0.3, 0.4) is 0 Å². The molecule has 1 N–H and O–H groups in total. The summed E-state index contributed by atoms with van der Waals surface area (Å²) >= 11 is 1.28. The Morgan fingerprint density at radius 3 is 2.44 bits per heavy atom. The summed E-state index contributed by atoms with van der Waals surface area (Å²) in [5, 5.41) is 3.24. The Morgan fingerprint density at radius 2 is 1.78 bits per heavy atom. The number of nitrogens with one attached hydrogen (secondary N) is 1. The topological polar surface area (TPSA) is 97.8 Å². The fourth-order valence-corrected chi connectivity index (χ4v) is 6.21. The van der Waals surface area contributed by atoms with Crippen molar-refractivity contribution in [1.82, 2.24) is 9.29 Å². The lowest BCUT2D eigenvalue weighted by molar-refractivity contribution is -0.120. The van der Waals surface area contributed by atoms with E-state index in [2.05, 4.69) is 10.3 Å². The number of halogens is 1. The second-order valence-corrected chi connectivity index (χ2v) is 10.2. The fraction of sp³-hybridized carbons (Fsp3) is 0.333. The van der Waals surface area contributed by atoms with Gasteiger partial charge in [0.25, 0.3) is 0 Å². The maximum Gasteiger partial charge on any atom is 0.245 e. The van der Waals surface area contributed by atoms with Gasteiger partial charge in [-0.1, -0.05) is 23.5 Å². The quantitative estimate of drug-likeness (QED) is 0.581. The number of carbonyl (C=O) groups is 1. The van der Waals surface area contributed by atoms with Gasteiger partial charge in [0.15, 0.2) is 5.13 Å². The standard InChI is InChI=1S/C21H22FN3O5S2/c1-29-15-7-8-16(30-2)19-18(15)23-21(31-19)24-20(26)13-9-11-25(12-10-13)32(27,28)17-6-4-3-5-14(17)22/h3-8,13H,9-12H2,1-2H3,(H,23,24,26). The first-order chi connectivity index (χ1) is 15.3. The monoisotopic (exact) mass is 479 g/mol. The molecule has 0 unspecified atom stereocenters. The van der Waals surface area contributed by atoms with Crippen molar-refractivity contribution in [2.45, 2.75) is 17.7 Å². The van der Waals surface area contributed by atoms with Gasteiger partial charge in [0.2, 0.25) is 15.9 Å². The van der Waals surface area contributed by atoms with Crippen LogP contribution >= 0.6 is 11.3 Å². The van der Waals surface area contributed by atoms with E-state index < -0.39 is 15.8 Å². The average molecular weight is 480 g/mol. The van der Waals surface area contributed by atoms with Gasteiger partial charge in [-0.05, 0) is 37.1 Å². The van der Waals surface area contributed by atoms with E-state index in [9.17, 15) is 17.6 Å². The van der Waals surface area contributed by atoms with Crippen molar-refractivity contribution in [3.8, 4) is 11.5 Å². The summed E-state index contributed by atoms with van der Waals surface area (Å²) < 4.78 is 52.2. The number of fused-ring (bicyclic) bond motifs is 1. The zero-order valence-corrected chi connectivity index (χ0v) is 19.1. The van der Waals surface area contributed by atoms with E-state index in [1.807, 2.05) is 0 Å². The zero-order chi connectivity index (χ0) is 22.9. The number of sulfonamides is 1. The number of ether oxygens (including phenoxy) is 2. The number of piperidine rings is 1. The summed E-state index contributed by atoms with van der Waals surface area (Å²) in [7, 11) is -0.843. The molecule has 3 aromatic rings. The lowest BCUT2D eigenvalue weighted by Gasteiger charge is -2.30. The Balaban J connectivity index is 1.45. The third-order valence-electron chi connectivity index (χ3n) is 5.42. The molecule has 0 bridgehead atoms. The highest BCUT2D eigenvalue weighted by atomic mass is 32.2. The second-order valence-electron chi connectivity index (χ2n) is 7.26. The molecule has 0 aliphatic carbocycles. The van der Waals surface area contributed by atoms with Crippen molar-refractivity contribution in [1.29, 1.82) is 0 Å². The zero-order valence-electron chi connectivity index (χ0n) is 17.5. The van der Waals surface area contributed by atoms with Crippen molar-refractivity contribution in [3.63, 3.8) is 0 Å². The van der Waals surface area contributed by atoms with Gasteiger partial charge in [-0.2, -0.15) is 4.31 Å². The van der Waals surface area contributed by atoms with Crippen molar-refractivity contribution < 1.29 is 27.1 Å². The predicted octanol–water partition coefficient (Wildman–Crippen LogP) is 3.49. The first kappa shape index (κ1) is 22.4. The van der Waals surface area contributed by atoms with Crippen LogP contribution in [0.25, 0.3) is 10.2 Å². The average Bonchev–Trinajstić information content (AvgIpc) is 3.22. The number of hydrogen-bond acceptors (Lipinski definition) is 7. The molecular formula is C21H22FN3O5S2. The normalized spacial score (nSPS) is 15.6. The minimum atomic E-state index is -3.94. The van der Waals surface area contributed by atoms with Crippen LogP contribution in [-0.4, -0.2) is 50.9 Å². The Hall–Kier alpha value is -2.76. The number of methoxy groups -OCH3 is 2. The van der Waals surface area contributed by atoms with Gasteiger partial charge in [-0.25, -0.2) is 17.8 Å². The van der Waals surface area contributed by atoms with Crippen LogP contribution in [0.4, 0.5) is 9.52 Å². The smallest absolute Gasteiger partial charge is 0.245 e. The number of anilines is 1. The summed E-state index contributed by atoms with van der Waals surface area (Å²) in [5.74, 6) is -0.188. The van der Waals surface area contributed by atoms with E-state index in [1.165, 1.54) is 33.8 Å². The molecule has 4 rings (SSSR count). The van der Waals surface area contributed by atoms with Crippen LogP contribution in [0.15, 0.2) is 41.3 Å². The number of carbonyl (C=O) groups excluding carboxylic acids is 1. The second kappa shape index (κ2) is 9.00. The Bertz CT molecular complexity index is 1210. The molecule has 2 heterocycles. The van der Waals surface area contributed by atoms with Crippen molar-refractivity contribution in [3.05, 3.63) is 42.2 Å². The van der Waals surface area contributed by atoms with Crippen LogP contribution in [0, 0.1) is 11.7 Å². The van der Waals surface area contributed by atoms with E-state index in [-0.39, 0.29) is 29.8 Å².